The molecule has 2 aromatic carbocycles. The van der Waals surface area contributed by atoms with Gasteiger partial charge in [-0.2, -0.15) is 4.99 Å². The number of benzene rings is 2. The zero-order valence-corrected chi connectivity index (χ0v) is 20.7. The molecule has 9 heteroatoms. The average molecular weight is 485 g/mol. The Balaban J connectivity index is 1.99. The number of carbonyl (C=O) groups excluding carboxylic acids is 2. The molecule has 34 heavy (non-hydrogen) atoms. The van der Waals surface area contributed by atoms with Crippen LogP contribution in [0.4, 0.5) is 0 Å². The van der Waals surface area contributed by atoms with Crippen molar-refractivity contribution in [3.63, 3.8) is 0 Å². The van der Waals surface area contributed by atoms with E-state index < -0.39 is 5.91 Å². The quantitative estimate of drug-likeness (QED) is 0.337. The third-order valence-electron chi connectivity index (χ3n) is 5.06. The number of hydrogen-bond donors (Lipinski definition) is 0. The van der Waals surface area contributed by atoms with Gasteiger partial charge in [0, 0.05) is 6.08 Å². The van der Waals surface area contributed by atoms with E-state index in [9.17, 15) is 9.59 Å². The number of carbonyl (C=O) groups is 2. The van der Waals surface area contributed by atoms with Gasteiger partial charge >= 0.3 is 5.97 Å². The average Bonchev–Trinajstić information content (AvgIpc) is 3.17. The van der Waals surface area contributed by atoms with Crippen LogP contribution in [0.5, 0.6) is 17.2 Å². The van der Waals surface area contributed by atoms with Crippen molar-refractivity contribution in [3.8, 4) is 17.2 Å². The molecule has 8 nitrogen and oxygen atoms in total. The highest BCUT2D eigenvalue weighted by molar-refractivity contribution is 7.16. The van der Waals surface area contributed by atoms with E-state index in [1.807, 2.05) is 12.1 Å². The second-order valence-electron chi connectivity index (χ2n) is 7.17. The van der Waals surface area contributed by atoms with Crippen molar-refractivity contribution in [3.05, 3.63) is 52.3 Å². The Morgan fingerprint density at radius 1 is 1.03 bits per heavy atom. The Hall–Kier alpha value is -3.59. The number of nitrogens with zero attached hydrogens (tertiary/aromatic N) is 2. The number of ether oxygens (including phenoxy) is 4. The number of rotatable bonds is 9. The van der Waals surface area contributed by atoms with Crippen LogP contribution in [0.2, 0.25) is 0 Å². The van der Waals surface area contributed by atoms with Gasteiger partial charge in [-0.1, -0.05) is 24.3 Å². The predicted octanol–water partition coefficient (Wildman–Crippen LogP) is 3.99. The highest BCUT2D eigenvalue weighted by atomic mass is 32.1. The van der Waals surface area contributed by atoms with Gasteiger partial charge in [-0.15, -0.1) is 0 Å². The maximum atomic E-state index is 12.7. The third-order valence-corrected chi connectivity index (χ3v) is 6.10. The monoisotopic (exact) mass is 484 g/mol. The van der Waals surface area contributed by atoms with Crippen LogP contribution in [0.3, 0.4) is 0 Å². The molecule has 1 aromatic heterocycles. The molecule has 3 rings (SSSR count). The fraction of sp³-hybridized carbons (Fsp3) is 0.320. The summed E-state index contributed by atoms with van der Waals surface area (Å²) >= 11 is 1.36. The Morgan fingerprint density at radius 3 is 2.32 bits per heavy atom. The first-order valence-electron chi connectivity index (χ1n) is 10.8. The normalized spacial score (nSPS) is 11.7. The minimum atomic E-state index is -0.464. The first kappa shape index (κ1) is 25.0. The van der Waals surface area contributed by atoms with E-state index in [4.69, 9.17) is 18.9 Å². The van der Waals surface area contributed by atoms with Crippen molar-refractivity contribution in [1.29, 1.82) is 0 Å². The van der Waals surface area contributed by atoms with Crippen LogP contribution in [0.25, 0.3) is 16.3 Å². The highest BCUT2D eigenvalue weighted by Crippen LogP contribution is 2.38. The van der Waals surface area contributed by atoms with Gasteiger partial charge in [0.1, 0.15) is 6.54 Å². The van der Waals surface area contributed by atoms with Gasteiger partial charge in [0.25, 0.3) is 5.91 Å². The SMILES string of the molecule is CCOC(=O)Cn1c(=NC(=O)/C=C\c2cc(OC)c(OC)c(OC)c2)sc2cc(CC)ccc21. The molecule has 0 N–H and O–H groups in total. The van der Waals surface area contributed by atoms with E-state index in [2.05, 4.69) is 18.0 Å². The number of aryl methyl sites for hydroxylation is 1. The van der Waals surface area contributed by atoms with Gasteiger partial charge in [0.15, 0.2) is 16.3 Å². The van der Waals surface area contributed by atoms with Crippen molar-refractivity contribution < 1.29 is 28.5 Å². The lowest BCUT2D eigenvalue weighted by atomic mass is 10.1. The van der Waals surface area contributed by atoms with Gasteiger partial charge in [0.05, 0.1) is 38.2 Å². The number of amides is 1. The van der Waals surface area contributed by atoms with Gasteiger partial charge in [-0.3, -0.25) is 9.59 Å². The van der Waals surface area contributed by atoms with E-state index in [-0.39, 0.29) is 19.1 Å². The lowest BCUT2D eigenvalue weighted by molar-refractivity contribution is -0.143. The van der Waals surface area contributed by atoms with Crippen LogP contribution in [-0.2, 0) is 27.3 Å². The molecular formula is C25H28N2O6S. The molecule has 0 saturated heterocycles. The first-order chi connectivity index (χ1) is 16.4. The Bertz CT molecular complexity index is 1260. The summed E-state index contributed by atoms with van der Waals surface area (Å²) in [5, 5.41) is 0. The summed E-state index contributed by atoms with van der Waals surface area (Å²) in [4.78, 5) is 29.6. The minimum absolute atomic E-state index is 0.0258. The van der Waals surface area contributed by atoms with Crippen molar-refractivity contribution in [1.82, 2.24) is 4.57 Å². The van der Waals surface area contributed by atoms with Crippen LogP contribution in [0, 0.1) is 0 Å². The van der Waals surface area contributed by atoms with Crippen molar-refractivity contribution >= 4 is 39.5 Å². The van der Waals surface area contributed by atoms with E-state index in [1.54, 1.807) is 29.7 Å². The van der Waals surface area contributed by atoms with E-state index >= 15 is 0 Å². The van der Waals surface area contributed by atoms with Crippen LogP contribution < -0.4 is 19.0 Å². The summed E-state index contributed by atoms with van der Waals surface area (Å²) in [5.41, 5.74) is 2.67. The van der Waals surface area contributed by atoms with Crippen LogP contribution in [0.15, 0.2) is 41.4 Å². The molecule has 0 unspecified atom stereocenters. The van der Waals surface area contributed by atoms with Crippen molar-refractivity contribution in [2.75, 3.05) is 27.9 Å². The maximum absolute atomic E-state index is 12.7. The zero-order valence-electron chi connectivity index (χ0n) is 19.9. The summed E-state index contributed by atoms with van der Waals surface area (Å²) in [6.07, 6.45) is 3.86. The minimum Gasteiger partial charge on any atom is -0.493 e. The Morgan fingerprint density at radius 2 is 1.74 bits per heavy atom. The molecule has 0 saturated carbocycles. The summed E-state index contributed by atoms with van der Waals surface area (Å²) in [6, 6.07) is 9.47. The summed E-state index contributed by atoms with van der Waals surface area (Å²) in [5.74, 6) is 0.580. The maximum Gasteiger partial charge on any atom is 0.326 e. The van der Waals surface area contributed by atoms with Crippen LogP contribution in [0.1, 0.15) is 25.0 Å². The number of fused-ring (bicyclic) bond motifs is 1. The molecule has 0 aliphatic rings. The third kappa shape index (κ3) is 5.66. The largest absolute Gasteiger partial charge is 0.493 e. The second-order valence-corrected chi connectivity index (χ2v) is 8.18. The lowest BCUT2D eigenvalue weighted by Gasteiger charge is -2.12. The van der Waals surface area contributed by atoms with Gasteiger partial charge in [-0.25, -0.2) is 0 Å². The van der Waals surface area contributed by atoms with Crippen LogP contribution >= 0.6 is 11.3 Å². The van der Waals surface area contributed by atoms with Crippen molar-refractivity contribution in [2.45, 2.75) is 26.8 Å². The van der Waals surface area contributed by atoms with E-state index in [0.29, 0.717) is 27.6 Å². The highest BCUT2D eigenvalue weighted by Gasteiger charge is 2.14. The number of esters is 1. The molecule has 1 heterocycles. The Kier molecular flexibility index (Phi) is 8.48. The predicted molar refractivity (Wildman–Crippen MR) is 132 cm³/mol. The fourth-order valence-corrected chi connectivity index (χ4v) is 4.51. The summed E-state index contributed by atoms with van der Waals surface area (Å²) in [7, 11) is 4.58. The lowest BCUT2D eigenvalue weighted by Crippen LogP contribution is -2.22. The molecule has 0 bridgehead atoms. The molecule has 180 valence electrons. The molecule has 0 spiro atoms. The first-order valence-corrected chi connectivity index (χ1v) is 11.6. The Labute approximate surface area is 202 Å². The number of methoxy groups -OCH3 is 3. The topological polar surface area (TPSA) is 88.4 Å². The van der Waals surface area contributed by atoms with Gasteiger partial charge in [-0.05, 0) is 54.8 Å². The summed E-state index contributed by atoms with van der Waals surface area (Å²) in [6.45, 7) is 4.08. The molecule has 0 aliphatic carbocycles. The fourth-order valence-electron chi connectivity index (χ4n) is 3.41. The van der Waals surface area contributed by atoms with Crippen LogP contribution in [-0.4, -0.2) is 44.4 Å². The zero-order chi connectivity index (χ0) is 24.7. The standard InChI is InChI=1S/C25H28N2O6S/c1-6-16-8-10-18-21(14-16)34-25(27(18)15-23(29)33-7-2)26-22(28)11-9-17-12-19(30-3)24(32-5)20(13-17)31-4/h8-14H,6-7,15H2,1-5H3/b11-9-,26-25?. The molecule has 0 atom stereocenters. The number of thiazole rings is 1. The molecule has 0 fully saturated rings. The number of aromatic nitrogens is 1. The number of hydrogen-bond acceptors (Lipinski definition) is 7. The van der Waals surface area contributed by atoms with E-state index in [0.717, 1.165) is 22.2 Å². The van der Waals surface area contributed by atoms with E-state index in [1.165, 1.54) is 38.7 Å². The smallest absolute Gasteiger partial charge is 0.326 e. The van der Waals surface area contributed by atoms with Gasteiger partial charge in [0.2, 0.25) is 5.75 Å². The van der Waals surface area contributed by atoms with Gasteiger partial charge < -0.3 is 23.5 Å². The molecular weight excluding hydrogens is 456 g/mol. The molecule has 0 aliphatic heterocycles. The molecule has 3 aromatic rings. The van der Waals surface area contributed by atoms with Crippen molar-refractivity contribution in [2.24, 2.45) is 4.99 Å². The molecule has 1 amide bonds. The molecule has 0 radical (unpaired) electrons. The second kappa shape index (κ2) is 11.5. The summed E-state index contributed by atoms with van der Waals surface area (Å²) < 4.78 is 23.8.